The van der Waals surface area contributed by atoms with Crippen LogP contribution in [0, 0.1) is 11.8 Å². The van der Waals surface area contributed by atoms with Crippen LogP contribution >= 0.6 is 0 Å². The minimum absolute atomic E-state index is 0.00319. The lowest BCUT2D eigenvalue weighted by Crippen LogP contribution is -2.44. The summed E-state index contributed by atoms with van der Waals surface area (Å²) in [6, 6.07) is 0.796. The Morgan fingerprint density at radius 1 is 1.20 bits per heavy atom. The molecule has 0 aliphatic heterocycles. The highest BCUT2D eigenvalue weighted by Crippen LogP contribution is 2.44. The first-order valence-electron chi connectivity index (χ1n) is 6.50. The maximum atomic E-state index is 5.72. The standard InChI is InChI=1S/C13H25NO/c1-4-15-13(2,3)9-14-12(10-5-6-10)11-7-8-11/h10-12,14H,4-9H2,1-3H3. The zero-order chi connectivity index (χ0) is 10.9. The van der Waals surface area contributed by atoms with Crippen molar-refractivity contribution in [3.05, 3.63) is 0 Å². The van der Waals surface area contributed by atoms with Gasteiger partial charge in [-0.25, -0.2) is 0 Å². The van der Waals surface area contributed by atoms with Gasteiger partial charge in [-0.2, -0.15) is 0 Å². The molecule has 2 aliphatic rings. The number of hydrogen-bond acceptors (Lipinski definition) is 2. The summed E-state index contributed by atoms with van der Waals surface area (Å²) < 4.78 is 5.72. The van der Waals surface area contributed by atoms with E-state index in [0.29, 0.717) is 0 Å². The molecule has 2 saturated carbocycles. The molecule has 0 bridgehead atoms. The molecule has 0 aromatic heterocycles. The Morgan fingerprint density at radius 3 is 2.13 bits per heavy atom. The molecule has 2 fully saturated rings. The van der Waals surface area contributed by atoms with Crippen molar-refractivity contribution < 1.29 is 4.74 Å². The quantitative estimate of drug-likeness (QED) is 0.699. The van der Waals surface area contributed by atoms with Crippen molar-refractivity contribution in [2.45, 2.75) is 58.1 Å². The molecule has 0 saturated heterocycles. The lowest BCUT2D eigenvalue weighted by Gasteiger charge is -2.28. The van der Waals surface area contributed by atoms with Gasteiger partial charge in [0.15, 0.2) is 0 Å². The lowest BCUT2D eigenvalue weighted by atomic mass is 10.0. The predicted octanol–water partition coefficient (Wildman–Crippen LogP) is 2.58. The molecular formula is C13H25NO. The average Bonchev–Trinajstić information content (AvgIpc) is 2.99. The van der Waals surface area contributed by atoms with Crippen molar-refractivity contribution in [2.24, 2.45) is 11.8 Å². The van der Waals surface area contributed by atoms with Gasteiger partial charge in [0, 0.05) is 19.2 Å². The summed E-state index contributed by atoms with van der Waals surface area (Å²) in [5, 5.41) is 3.74. The molecule has 0 aromatic carbocycles. The van der Waals surface area contributed by atoms with E-state index < -0.39 is 0 Å². The number of hydrogen-bond donors (Lipinski definition) is 1. The van der Waals surface area contributed by atoms with Gasteiger partial charge in [-0.05, 0) is 58.3 Å². The van der Waals surface area contributed by atoms with Crippen molar-refractivity contribution in [3.63, 3.8) is 0 Å². The maximum absolute atomic E-state index is 5.72. The van der Waals surface area contributed by atoms with E-state index in [9.17, 15) is 0 Å². The summed E-state index contributed by atoms with van der Waals surface area (Å²) in [6.45, 7) is 8.24. The molecule has 0 unspecified atom stereocenters. The lowest BCUT2D eigenvalue weighted by molar-refractivity contribution is -0.0115. The number of nitrogens with one attached hydrogen (secondary N) is 1. The first-order chi connectivity index (χ1) is 7.12. The summed E-state index contributed by atoms with van der Waals surface area (Å²) in [5.41, 5.74) is -0.00319. The van der Waals surface area contributed by atoms with E-state index in [1.165, 1.54) is 25.7 Å². The van der Waals surface area contributed by atoms with Gasteiger partial charge in [-0.15, -0.1) is 0 Å². The van der Waals surface area contributed by atoms with Crippen LogP contribution in [0.2, 0.25) is 0 Å². The second-order valence-corrected chi connectivity index (χ2v) is 5.77. The molecule has 15 heavy (non-hydrogen) atoms. The van der Waals surface area contributed by atoms with Crippen LogP contribution in [0.1, 0.15) is 46.5 Å². The Hall–Kier alpha value is -0.0800. The smallest absolute Gasteiger partial charge is 0.0750 e. The molecular weight excluding hydrogens is 186 g/mol. The van der Waals surface area contributed by atoms with E-state index in [2.05, 4.69) is 26.1 Å². The molecule has 0 amide bonds. The molecule has 2 aliphatic carbocycles. The van der Waals surface area contributed by atoms with Gasteiger partial charge in [0.2, 0.25) is 0 Å². The second-order valence-electron chi connectivity index (χ2n) is 5.77. The minimum Gasteiger partial charge on any atom is -0.375 e. The summed E-state index contributed by atoms with van der Waals surface area (Å²) in [6.07, 6.45) is 5.79. The molecule has 88 valence electrons. The second kappa shape index (κ2) is 4.42. The van der Waals surface area contributed by atoms with E-state index in [1.54, 1.807) is 0 Å². The van der Waals surface area contributed by atoms with Crippen LogP contribution in [-0.2, 0) is 4.74 Å². The highest BCUT2D eigenvalue weighted by Gasteiger charge is 2.41. The summed E-state index contributed by atoms with van der Waals surface area (Å²) >= 11 is 0. The van der Waals surface area contributed by atoms with Crippen LogP contribution in [-0.4, -0.2) is 24.8 Å². The fourth-order valence-corrected chi connectivity index (χ4v) is 2.43. The van der Waals surface area contributed by atoms with Gasteiger partial charge in [-0.1, -0.05) is 0 Å². The molecule has 1 N–H and O–H groups in total. The van der Waals surface area contributed by atoms with Gasteiger partial charge in [0.25, 0.3) is 0 Å². The van der Waals surface area contributed by atoms with Gasteiger partial charge in [0.1, 0.15) is 0 Å². The largest absolute Gasteiger partial charge is 0.375 e. The van der Waals surface area contributed by atoms with Crippen LogP contribution < -0.4 is 5.32 Å². The Morgan fingerprint density at radius 2 is 1.73 bits per heavy atom. The molecule has 2 nitrogen and oxygen atoms in total. The number of rotatable bonds is 7. The third-order valence-corrected chi connectivity index (χ3v) is 3.56. The molecule has 2 heteroatoms. The van der Waals surface area contributed by atoms with Crippen molar-refractivity contribution in [3.8, 4) is 0 Å². The molecule has 0 atom stereocenters. The van der Waals surface area contributed by atoms with Gasteiger partial charge in [-0.3, -0.25) is 0 Å². The fraction of sp³-hybridized carbons (Fsp3) is 1.00. The fourth-order valence-electron chi connectivity index (χ4n) is 2.43. The molecule has 0 spiro atoms. The van der Waals surface area contributed by atoms with E-state index >= 15 is 0 Å². The topological polar surface area (TPSA) is 21.3 Å². The molecule has 0 heterocycles. The van der Waals surface area contributed by atoms with E-state index in [-0.39, 0.29) is 5.60 Å². The molecule has 0 aromatic rings. The third-order valence-electron chi connectivity index (χ3n) is 3.56. The van der Waals surface area contributed by atoms with Crippen LogP contribution in [0.4, 0.5) is 0 Å². The van der Waals surface area contributed by atoms with E-state index in [1.807, 2.05) is 0 Å². The molecule has 0 radical (unpaired) electrons. The van der Waals surface area contributed by atoms with Crippen molar-refractivity contribution >= 4 is 0 Å². The van der Waals surface area contributed by atoms with Crippen molar-refractivity contribution in [1.82, 2.24) is 5.32 Å². The zero-order valence-corrected chi connectivity index (χ0v) is 10.4. The maximum Gasteiger partial charge on any atom is 0.0750 e. The van der Waals surface area contributed by atoms with Crippen molar-refractivity contribution in [1.29, 1.82) is 0 Å². The Bertz CT molecular complexity index is 195. The Balaban J connectivity index is 1.74. The monoisotopic (exact) mass is 211 g/mol. The number of ether oxygens (including phenoxy) is 1. The molecule has 2 rings (SSSR count). The first-order valence-corrected chi connectivity index (χ1v) is 6.50. The Labute approximate surface area is 93.8 Å². The highest BCUT2D eigenvalue weighted by atomic mass is 16.5. The SMILES string of the molecule is CCOC(C)(C)CNC(C1CC1)C1CC1. The zero-order valence-electron chi connectivity index (χ0n) is 10.4. The first kappa shape index (κ1) is 11.4. The van der Waals surface area contributed by atoms with E-state index in [4.69, 9.17) is 4.74 Å². The summed E-state index contributed by atoms with van der Waals surface area (Å²) in [5.74, 6) is 1.96. The van der Waals surface area contributed by atoms with Crippen LogP contribution in [0.25, 0.3) is 0 Å². The Kier molecular flexibility index (Phi) is 3.36. The van der Waals surface area contributed by atoms with Gasteiger partial charge >= 0.3 is 0 Å². The summed E-state index contributed by atoms with van der Waals surface area (Å²) in [7, 11) is 0. The van der Waals surface area contributed by atoms with Gasteiger partial charge < -0.3 is 10.1 Å². The van der Waals surface area contributed by atoms with E-state index in [0.717, 1.165) is 31.0 Å². The summed E-state index contributed by atoms with van der Waals surface area (Å²) in [4.78, 5) is 0. The van der Waals surface area contributed by atoms with Crippen LogP contribution in [0.5, 0.6) is 0 Å². The normalized spacial score (nSPS) is 22.4. The average molecular weight is 211 g/mol. The minimum atomic E-state index is -0.00319. The van der Waals surface area contributed by atoms with Crippen molar-refractivity contribution in [2.75, 3.05) is 13.2 Å². The highest BCUT2D eigenvalue weighted by molar-refractivity contribution is 4.97. The van der Waals surface area contributed by atoms with Crippen LogP contribution in [0.15, 0.2) is 0 Å². The predicted molar refractivity (Wildman–Crippen MR) is 62.9 cm³/mol. The third kappa shape index (κ3) is 3.46. The van der Waals surface area contributed by atoms with Gasteiger partial charge in [0.05, 0.1) is 5.60 Å². The van der Waals surface area contributed by atoms with Crippen LogP contribution in [0.3, 0.4) is 0 Å².